The maximum Gasteiger partial charge on any atom is 0.171 e. The first kappa shape index (κ1) is 21.6. The fourth-order valence-corrected chi connectivity index (χ4v) is 3.71. The van der Waals surface area contributed by atoms with Crippen LogP contribution in [-0.4, -0.2) is 31.2 Å². The van der Waals surface area contributed by atoms with Crippen molar-refractivity contribution in [2.24, 2.45) is 0 Å². The first-order valence-electron chi connectivity index (χ1n) is 9.36. The van der Waals surface area contributed by atoms with Gasteiger partial charge < -0.3 is 10.6 Å². The van der Waals surface area contributed by atoms with E-state index < -0.39 is 0 Å². The minimum atomic E-state index is 0.549. The quantitative estimate of drug-likeness (QED) is 0.402. The minimum absolute atomic E-state index is 0.549. The third-order valence-corrected chi connectivity index (χ3v) is 5.33. The van der Waals surface area contributed by atoms with E-state index in [1.807, 2.05) is 41.4 Å². The lowest BCUT2D eigenvalue weighted by Crippen LogP contribution is -2.30. The molecule has 154 valence electrons. The molecule has 0 aliphatic carbocycles. The maximum absolute atomic E-state index is 6.27. The van der Waals surface area contributed by atoms with E-state index in [4.69, 9.17) is 35.4 Å². The van der Waals surface area contributed by atoms with Crippen LogP contribution in [0.4, 0.5) is 5.82 Å². The van der Waals surface area contributed by atoms with E-state index in [0.717, 1.165) is 36.5 Å². The second-order valence-corrected chi connectivity index (χ2v) is 8.20. The molecule has 1 aromatic carbocycles. The molecule has 0 atom stereocenters. The third kappa shape index (κ3) is 5.95. The SMILES string of the molecule is Cc1cc(C)n(CCCNC(=S)Nc2cc(C)n(Cc3ccc(Cl)cc3Cl)n2)n1. The summed E-state index contributed by atoms with van der Waals surface area (Å²) in [5, 5.41) is 17.2. The van der Waals surface area contributed by atoms with Crippen molar-refractivity contribution in [3.05, 3.63) is 63.0 Å². The lowest BCUT2D eigenvalue weighted by molar-refractivity contribution is 0.558. The second kappa shape index (κ2) is 9.61. The van der Waals surface area contributed by atoms with Crippen molar-refractivity contribution in [2.75, 3.05) is 11.9 Å². The van der Waals surface area contributed by atoms with Crippen LogP contribution in [0.5, 0.6) is 0 Å². The first-order valence-corrected chi connectivity index (χ1v) is 10.5. The first-order chi connectivity index (χ1) is 13.8. The number of nitrogens with one attached hydrogen (secondary N) is 2. The Morgan fingerprint density at radius 2 is 1.79 bits per heavy atom. The van der Waals surface area contributed by atoms with Crippen molar-refractivity contribution in [1.82, 2.24) is 24.9 Å². The monoisotopic (exact) mass is 450 g/mol. The van der Waals surface area contributed by atoms with Crippen LogP contribution in [0.15, 0.2) is 30.3 Å². The number of halogens is 2. The largest absolute Gasteiger partial charge is 0.362 e. The van der Waals surface area contributed by atoms with Crippen LogP contribution >= 0.6 is 35.4 Å². The molecule has 0 amide bonds. The molecule has 0 bridgehead atoms. The number of benzene rings is 1. The zero-order valence-corrected chi connectivity index (χ0v) is 19.0. The molecule has 2 heterocycles. The molecule has 9 heteroatoms. The van der Waals surface area contributed by atoms with Gasteiger partial charge in [-0.2, -0.15) is 10.2 Å². The van der Waals surface area contributed by atoms with Gasteiger partial charge in [0, 0.05) is 40.6 Å². The van der Waals surface area contributed by atoms with Gasteiger partial charge in [-0.1, -0.05) is 29.3 Å². The van der Waals surface area contributed by atoms with Gasteiger partial charge in [0.05, 0.1) is 12.2 Å². The predicted octanol–water partition coefficient (Wildman–Crippen LogP) is 4.74. The Labute approximate surface area is 186 Å². The average molecular weight is 451 g/mol. The Balaban J connectivity index is 1.49. The molecule has 0 radical (unpaired) electrons. The molecule has 0 aliphatic rings. The fraction of sp³-hybridized carbons (Fsp3) is 0.350. The summed E-state index contributed by atoms with van der Waals surface area (Å²) in [6.45, 7) is 8.23. The molecule has 0 unspecified atom stereocenters. The number of aryl methyl sites for hydroxylation is 4. The Morgan fingerprint density at radius 1 is 1.03 bits per heavy atom. The number of nitrogens with zero attached hydrogens (tertiary/aromatic N) is 4. The topological polar surface area (TPSA) is 59.7 Å². The molecule has 0 saturated carbocycles. The summed E-state index contributed by atoms with van der Waals surface area (Å²) in [6.07, 6.45) is 0.923. The summed E-state index contributed by atoms with van der Waals surface area (Å²) in [4.78, 5) is 0. The molecule has 2 N–H and O–H groups in total. The zero-order valence-electron chi connectivity index (χ0n) is 16.7. The highest BCUT2D eigenvalue weighted by Gasteiger charge is 2.09. The van der Waals surface area contributed by atoms with E-state index in [9.17, 15) is 0 Å². The van der Waals surface area contributed by atoms with E-state index >= 15 is 0 Å². The zero-order chi connectivity index (χ0) is 21.0. The van der Waals surface area contributed by atoms with Gasteiger partial charge in [-0.05, 0) is 63.2 Å². The van der Waals surface area contributed by atoms with Crippen molar-refractivity contribution >= 4 is 46.4 Å². The van der Waals surface area contributed by atoms with Gasteiger partial charge in [-0.3, -0.25) is 9.36 Å². The number of anilines is 1. The maximum atomic E-state index is 6.27. The molecule has 2 aromatic heterocycles. The number of thiocarbonyl (C=S) groups is 1. The second-order valence-electron chi connectivity index (χ2n) is 6.95. The molecule has 0 saturated heterocycles. The predicted molar refractivity (Wildman–Crippen MR) is 123 cm³/mol. The summed E-state index contributed by atoms with van der Waals surface area (Å²) in [5.41, 5.74) is 4.17. The van der Waals surface area contributed by atoms with Crippen LogP contribution in [0.25, 0.3) is 0 Å². The highest BCUT2D eigenvalue weighted by molar-refractivity contribution is 7.80. The average Bonchev–Trinajstić information content (AvgIpc) is 3.15. The smallest absolute Gasteiger partial charge is 0.171 e. The van der Waals surface area contributed by atoms with Crippen LogP contribution in [0.1, 0.15) is 29.1 Å². The van der Waals surface area contributed by atoms with Gasteiger partial charge in [-0.15, -0.1) is 0 Å². The van der Waals surface area contributed by atoms with Gasteiger partial charge in [0.2, 0.25) is 0 Å². The van der Waals surface area contributed by atoms with Crippen molar-refractivity contribution < 1.29 is 0 Å². The molecule has 0 spiro atoms. The summed E-state index contributed by atoms with van der Waals surface area (Å²) < 4.78 is 3.89. The van der Waals surface area contributed by atoms with Crippen molar-refractivity contribution in [3.8, 4) is 0 Å². The Hall–Kier alpha value is -2.09. The van der Waals surface area contributed by atoms with Gasteiger partial charge >= 0.3 is 0 Å². The van der Waals surface area contributed by atoms with Crippen LogP contribution in [0.2, 0.25) is 10.0 Å². The van der Waals surface area contributed by atoms with Crippen molar-refractivity contribution in [1.29, 1.82) is 0 Å². The summed E-state index contributed by atoms with van der Waals surface area (Å²) in [7, 11) is 0. The fourth-order valence-electron chi connectivity index (χ4n) is 3.04. The minimum Gasteiger partial charge on any atom is -0.362 e. The summed E-state index contributed by atoms with van der Waals surface area (Å²) in [6, 6.07) is 9.50. The Bertz CT molecular complexity index is 1010. The van der Waals surface area contributed by atoms with E-state index in [1.54, 1.807) is 6.07 Å². The van der Waals surface area contributed by atoms with E-state index in [0.29, 0.717) is 27.5 Å². The number of rotatable bonds is 7. The Kier molecular flexibility index (Phi) is 7.16. The van der Waals surface area contributed by atoms with E-state index in [2.05, 4.69) is 33.8 Å². The van der Waals surface area contributed by atoms with Crippen LogP contribution in [-0.2, 0) is 13.1 Å². The van der Waals surface area contributed by atoms with Gasteiger partial charge in [-0.25, -0.2) is 0 Å². The van der Waals surface area contributed by atoms with Crippen LogP contribution in [0, 0.1) is 20.8 Å². The van der Waals surface area contributed by atoms with E-state index in [1.165, 1.54) is 5.69 Å². The number of hydrogen-bond donors (Lipinski definition) is 2. The molecular formula is C20H24Cl2N6S. The number of aromatic nitrogens is 4. The molecule has 6 nitrogen and oxygen atoms in total. The van der Waals surface area contributed by atoms with Crippen molar-refractivity contribution in [2.45, 2.75) is 40.3 Å². The number of hydrogen-bond acceptors (Lipinski definition) is 3. The standard InChI is InChI=1S/C20H24Cl2N6S/c1-13-9-14(2)27(25-13)8-4-7-23-20(29)24-19-10-15(3)28(26-19)12-16-5-6-17(21)11-18(16)22/h5-6,9-11H,4,7-8,12H2,1-3H3,(H2,23,24,26,29). The lowest BCUT2D eigenvalue weighted by atomic mass is 10.2. The highest BCUT2D eigenvalue weighted by atomic mass is 35.5. The molecule has 0 aliphatic heterocycles. The highest BCUT2D eigenvalue weighted by Crippen LogP contribution is 2.22. The lowest BCUT2D eigenvalue weighted by Gasteiger charge is -2.09. The van der Waals surface area contributed by atoms with Crippen LogP contribution < -0.4 is 10.6 Å². The molecule has 3 rings (SSSR count). The van der Waals surface area contributed by atoms with Crippen molar-refractivity contribution in [3.63, 3.8) is 0 Å². The van der Waals surface area contributed by atoms with Gasteiger partial charge in [0.15, 0.2) is 10.9 Å². The molecule has 0 fully saturated rings. The normalized spacial score (nSPS) is 10.9. The third-order valence-electron chi connectivity index (χ3n) is 4.49. The molecular weight excluding hydrogens is 427 g/mol. The Morgan fingerprint density at radius 3 is 2.48 bits per heavy atom. The molecule has 3 aromatic rings. The van der Waals surface area contributed by atoms with Gasteiger partial charge in [0.1, 0.15) is 0 Å². The molecule has 29 heavy (non-hydrogen) atoms. The van der Waals surface area contributed by atoms with E-state index in [-0.39, 0.29) is 0 Å². The van der Waals surface area contributed by atoms with Gasteiger partial charge in [0.25, 0.3) is 0 Å². The van der Waals surface area contributed by atoms with Crippen LogP contribution in [0.3, 0.4) is 0 Å². The summed E-state index contributed by atoms with van der Waals surface area (Å²) in [5.74, 6) is 0.698. The summed E-state index contributed by atoms with van der Waals surface area (Å²) >= 11 is 17.6.